The Kier molecular flexibility index (Phi) is 9.81. The van der Waals surface area contributed by atoms with Gasteiger partial charge < -0.3 is 20.4 Å². The molecular weight excluding hydrogens is 462 g/mol. The number of carbonyl (C=O) groups excluding carboxylic acids is 1. The first-order chi connectivity index (χ1) is 15.8. The van der Waals surface area contributed by atoms with Crippen LogP contribution in [0.3, 0.4) is 0 Å². The Labute approximate surface area is 196 Å². The highest BCUT2D eigenvalue weighted by Crippen LogP contribution is 2.37. The van der Waals surface area contributed by atoms with E-state index < -0.39 is 23.5 Å². The van der Waals surface area contributed by atoms with Crippen molar-refractivity contribution >= 4 is 11.6 Å². The van der Waals surface area contributed by atoms with Crippen LogP contribution >= 0.6 is 0 Å². The summed E-state index contributed by atoms with van der Waals surface area (Å²) in [5, 5.41) is 6.01. The van der Waals surface area contributed by atoms with Gasteiger partial charge in [0, 0.05) is 25.3 Å². The number of amides is 1. The van der Waals surface area contributed by atoms with Crippen molar-refractivity contribution in [1.29, 1.82) is 0 Å². The molecule has 1 fully saturated rings. The first-order valence-electron chi connectivity index (χ1n) is 11.1. The molecule has 0 bridgehead atoms. The number of halogens is 6. The number of nitrogens with one attached hydrogen (secondary N) is 2. The summed E-state index contributed by atoms with van der Waals surface area (Å²) < 4.78 is 78.4. The molecule has 5 nitrogen and oxygen atoms in total. The standard InChI is InChI=1S/C23H32F6N4O/c1-16(18-11-19(22(24,25)26)13-20(12-18)23(27,28)29)31-14-17-5-9-33(10-6-17)21(34)15-30-7-4-8-32(2)3/h11-13,17,30-31H,1,4-10,14-15H2,2-3H3. The van der Waals surface area contributed by atoms with Gasteiger partial charge in [0.25, 0.3) is 0 Å². The summed E-state index contributed by atoms with van der Waals surface area (Å²) in [5.41, 5.74) is -3.00. The highest BCUT2D eigenvalue weighted by Gasteiger charge is 2.37. The lowest BCUT2D eigenvalue weighted by molar-refractivity contribution is -0.143. The molecule has 11 heteroatoms. The van der Waals surface area contributed by atoms with E-state index in [1.807, 2.05) is 14.1 Å². The smallest absolute Gasteiger partial charge is 0.385 e. The first-order valence-corrected chi connectivity index (χ1v) is 11.1. The van der Waals surface area contributed by atoms with Crippen molar-refractivity contribution in [3.63, 3.8) is 0 Å². The van der Waals surface area contributed by atoms with Crippen molar-refractivity contribution in [1.82, 2.24) is 20.4 Å². The molecule has 0 saturated carbocycles. The Bertz CT molecular complexity index is 797. The second-order valence-electron chi connectivity index (χ2n) is 8.81. The fourth-order valence-electron chi connectivity index (χ4n) is 3.71. The van der Waals surface area contributed by atoms with Gasteiger partial charge in [0.1, 0.15) is 0 Å². The molecule has 0 radical (unpaired) electrons. The molecule has 0 unspecified atom stereocenters. The Morgan fingerprint density at radius 2 is 1.62 bits per heavy atom. The molecule has 34 heavy (non-hydrogen) atoms. The van der Waals surface area contributed by atoms with E-state index in [1.165, 1.54) is 0 Å². The quantitative estimate of drug-likeness (QED) is 0.381. The third kappa shape index (κ3) is 8.83. The first kappa shape index (κ1) is 28.0. The number of hydrogen-bond donors (Lipinski definition) is 2. The van der Waals surface area contributed by atoms with Gasteiger partial charge in [-0.15, -0.1) is 0 Å². The van der Waals surface area contributed by atoms with Crippen molar-refractivity contribution < 1.29 is 31.1 Å². The van der Waals surface area contributed by atoms with E-state index in [4.69, 9.17) is 0 Å². The van der Waals surface area contributed by atoms with Gasteiger partial charge in [-0.05, 0) is 76.1 Å². The van der Waals surface area contributed by atoms with Crippen molar-refractivity contribution in [2.24, 2.45) is 5.92 Å². The molecule has 1 amide bonds. The van der Waals surface area contributed by atoms with E-state index in [9.17, 15) is 31.1 Å². The fourth-order valence-corrected chi connectivity index (χ4v) is 3.71. The van der Waals surface area contributed by atoms with E-state index in [0.717, 1.165) is 19.5 Å². The van der Waals surface area contributed by atoms with E-state index in [-0.39, 0.29) is 35.7 Å². The van der Waals surface area contributed by atoms with Crippen LogP contribution in [0, 0.1) is 5.92 Å². The van der Waals surface area contributed by atoms with E-state index in [2.05, 4.69) is 22.1 Å². The zero-order chi connectivity index (χ0) is 25.5. The molecule has 0 aromatic heterocycles. The zero-order valence-corrected chi connectivity index (χ0v) is 19.5. The second kappa shape index (κ2) is 11.9. The average molecular weight is 495 g/mol. The van der Waals surface area contributed by atoms with Crippen LogP contribution in [-0.2, 0) is 17.1 Å². The summed E-state index contributed by atoms with van der Waals surface area (Å²) in [6.45, 7) is 7.04. The number of hydrogen-bond acceptors (Lipinski definition) is 4. The number of carbonyl (C=O) groups is 1. The van der Waals surface area contributed by atoms with Crippen LogP contribution in [0.5, 0.6) is 0 Å². The lowest BCUT2D eigenvalue weighted by atomic mass is 9.96. The summed E-state index contributed by atoms with van der Waals surface area (Å²) in [6.07, 6.45) is -7.51. The lowest BCUT2D eigenvalue weighted by Crippen LogP contribution is -2.44. The summed E-state index contributed by atoms with van der Waals surface area (Å²) in [5.74, 6) is 0.144. The van der Waals surface area contributed by atoms with Crippen LogP contribution in [0.1, 0.15) is 36.0 Å². The molecule has 1 aromatic carbocycles. The van der Waals surface area contributed by atoms with Crippen LogP contribution in [-0.4, -0.2) is 69.1 Å². The summed E-state index contributed by atoms with van der Waals surface area (Å²) in [4.78, 5) is 16.2. The highest BCUT2D eigenvalue weighted by molar-refractivity contribution is 5.78. The number of nitrogens with zero attached hydrogens (tertiary/aromatic N) is 2. The van der Waals surface area contributed by atoms with Crippen molar-refractivity contribution in [3.8, 4) is 0 Å². The van der Waals surface area contributed by atoms with Crippen molar-refractivity contribution in [2.45, 2.75) is 31.6 Å². The number of alkyl halides is 6. The summed E-state index contributed by atoms with van der Waals surface area (Å²) >= 11 is 0. The topological polar surface area (TPSA) is 47.6 Å². The minimum absolute atomic E-state index is 0.00275. The molecule has 192 valence electrons. The third-order valence-corrected chi connectivity index (χ3v) is 5.74. The Hall–Kier alpha value is -2.27. The Morgan fingerprint density at radius 1 is 1.06 bits per heavy atom. The maximum Gasteiger partial charge on any atom is 0.416 e. The number of benzene rings is 1. The lowest BCUT2D eigenvalue weighted by Gasteiger charge is -2.32. The van der Waals surface area contributed by atoms with Gasteiger partial charge in [-0.1, -0.05) is 6.58 Å². The van der Waals surface area contributed by atoms with E-state index in [1.54, 1.807) is 4.90 Å². The normalized spacial score (nSPS) is 15.6. The van der Waals surface area contributed by atoms with E-state index in [0.29, 0.717) is 44.6 Å². The van der Waals surface area contributed by atoms with E-state index >= 15 is 0 Å². The van der Waals surface area contributed by atoms with Gasteiger partial charge in [0.05, 0.1) is 17.7 Å². The molecule has 0 atom stereocenters. The van der Waals surface area contributed by atoms with Crippen LogP contribution in [0.2, 0.25) is 0 Å². The number of rotatable bonds is 10. The monoisotopic (exact) mass is 494 g/mol. The van der Waals surface area contributed by atoms with Crippen LogP contribution < -0.4 is 10.6 Å². The van der Waals surface area contributed by atoms with Gasteiger partial charge in [0.2, 0.25) is 5.91 Å². The van der Waals surface area contributed by atoms with Crippen LogP contribution in [0.4, 0.5) is 26.3 Å². The Balaban J connectivity index is 1.84. The SMILES string of the molecule is C=C(NCC1CCN(C(=O)CNCCCN(C)C)CC1)c1cc(C(F)(F)F)cc(C(F)(F)F)c1. The summed E-state index contributed by atoms with van der Waals surface area (Å²) in [7, 11) is 3.97. The van der Waals surface area contributed by atoms with Gasteiger partial charge in [-0.2, -0.15) is 26.3 Å². The van der Waals surface area contributed by atoms with Gasteiger partial charge in [-0.3, -0.25) is 4.79 Å². The number of likely N-dealkylation sites (tertiary alicyclic amines) is 1. The predicted octanol–water partition coefficient (Wildman–Crippen LogP) is 4.06. The van der Waals surface area contributed by atoms with Crippen LogP contribution in [0.15, 0.2) is 24.8 Å². The van der Waals surface area contributed by atoms with Crippen molar-refractivity contribution in [3.05, 3.63) is 41.5 Å². The fraction of sp³-hybridized carbons (Fsp3) is 0.609. The molecule has 2 N–H and O–H groups in total. The molecule has 0 aliphatic carbocycles. The molecule has 1 aliphatic rings. The predicted molar refractivity (Wildman–Crippen MR) is 119 cm³/mol. The third-order valence-electron chi connectivity index (χ3n) is 5.74. The molecular formula is C23H32F6N4O. The second-order valence-corrected chi connectivity index (χ2v) is 8.81. The maximum atomic E-state index is 13.1. The van der Waals surface area contributed by atoms with Gasteiger partial charge in [0.15, 0.2) is 0 Å². The molecule has 1 saturated heterocycles. The molecule has 1 heterocycles. The number of piperidine rings is 1. The van der Waals surface area contributed by atoms with Crippen molar-refractivity contribution in [2.75, 3.05) is 53.4 Å². The Morgan fingerprint density at radius 3 is 2.12 bits per heavy atom. The molecule has 1 aromatic rings. The van der Waals surface area contributed by atoms with Crippen LogP contribution in [0.25, 0.3) is 5.70 Å². The largest absolute Gasteiger partial charge is 0.416 e. The minimum atomic E-state index is -4.91. The summed E-state index contributed by atoms with van der Waals surface area (Å²) in [6, 6.07) is 1.43. The average Bonchev–Trinajstić information content (AvgIpc) is 2.75. The molecule has 1 aliphatic heterocycles. The van der Waals surface area contributed by atoms with Gasteiger partial charge in [-0.25, -0.2) is 0 Å². The maximum absolute atomic E-state index is 13.1. The molecule has 0 spiro atoms. The minimum Gasteiger partial charge on any atom is -0.385 e. The van der Waals surface area contributed by atoms with Gasteiger partial charge >= 0.3 is 12.4 Å². The highest BCUT2D eigenvalue weighted by atomic mass is 19.4. The molecule has 2 rings (SSSR count). The zero-order valence-electron chi connectivity index (χ0n) is 19.5.